The van der Waals surface area contributed by atoms with Gasteiger partial charge < -0.3 is 9.47 Å². The fourth-order valence-electron chi connectivity index (χ4n) is 2.41. The van der Waals surface area contributed by atoms with Crippen molar-refractivity contribution < 1.29 is 19.1 Å². The summed E-state index contributed by atoms with van der Waals surface area (Å²) < 4.78 is 10.1. The molecule has 0 bridgehead atoms. The van der Waals surface area contributed by atoms with Crippen molar-refractivity contribution in [3.05, 3.63) is 29.8 Å². The van der Waals surface area contributed by atoms with Gasteiger partial charge in [-0.3, -0.25) is 9.69 Å². The molecule has 1 atom stereocenters. The van der Waals surface area contributed by atoms with Crippen molar-refractivity contribution in [2.75, 3.05) is 20.3 Å². The normalized spacial score (nSPS) is 17.9. The maximum atomic E-state index is 12.5. The highest BCUT2D eigenvalue weighted by Gasteiger charge is 2.35. The number of methoxy groups -OCH3 is 1. The lowest BCUT2D eigenvalue weighted by molar-refractivity contribution is 0.0775. The third-order valence-electron chi connectivity index (χ3n) is 3.43. The molecule has 108 valence electrons. The minimum absolute atomic E-state index is 0.0433. The van der Waals surface area contributed by atoms with Crippen molar-refractivity contribution in [2.45, 2.75) is 25.8 Å². The summed E-state index contributed by atoms with van der Waals surface area (Å²) in [5.74, 6) is 0.661. The maximum absolute atomic E-state index is 12.5. The smallest absolute Gasteiger partial charge is 0.410 e. The molecule has 0 saturated carbocycles. The van der Waals surface area contributed by atoms with E-state index >= 15 is 0 Å². The summed E-state index contributed by atoms with van der Waals surface area (Å²) >= 11 is 0. The SMILES string of the molecule is CCOC(=O)N1CCCC1C(=O)c1ccc(OC)cc1. The molecular formula is C15H19NO4. The number of benzene rings is 1. The van der Waals surface area contributed by atoms with E-state index in [-0.39, 0.29) is 5.78 Å². The van der Waals surface area contributed by atoms with Gasteiger partial charge in [-0.05, 0) is 44.0 Å². The van der Waals surface area contributed by atoms with Gasteiger partial charge in [0.25, 0.3) is 0 Å². The van der Waals surface area contributed by atoms with Crippen molar-refractivity contribution in [1.29, 1.82) is 0 Å². The number of hydrogen-bond donors (Lipinski definition) is 0. The van der Waals surface area contributed by atoms with Crippen molar-refractivity contribution in [3.63, 3.8) is 0 Å². The second kappa shape index (κ2) is 6.41. The van der Waals surface area contributed by atoms with Gasteiger partial charge in [0.1, 0.15) is 5.75 Å². The molecule has 0 spiro atoms. The molecular weight excluding hydrogens is 258 g/mol. The molecule has 1 saturated heterocycles. The second-order valence-corrected chi connectivity index (χ2v) is 4.64. The number of nitrogens with zero attached hydrogens (tertiary/aromatic N) is 1. The standard InChI is InChI=1S/C15H19NO4/c1-3-20-15(18)16-10-4-5-13(16)14(17)11-6-8-12(19-2)9-7-11/h6-9,13H,3-5,10H2,1-2H3. The molecule has 2 rings (SSSR count). The zero-order valence-electron chi connectivity index (χ0n) is 11.8. The average molecular weight is 277 g/mol. The Balaban J connectivity index is 2.12. The molecule has 1 aromatic carbocycles. The topological polar surface area (TPSA) is 55.8 Å². The van der Waals surface area contributed by atoms with E-state index in [1.54, 1.807) is 38.3 Å². The molecule has 1 aliphatic heterocycles. The van der Waals surface area contributed by atoms with Gasteiger partial charge in [-0.25, -0.2) is 4.79 Å². The van der Waals surface area contributed by atoms with Crippen molar-refractivity contribution >= 4 is 11.9 Å². The Hall–Kier alpha value is -2.04. The Bertz CT molecular complexity index is 483. The number of hydrogen-bond acceptors (Lipinski definition) is 4. The fraction of sp³-hybridized carbons (Fsp3) is 0.467. The van der Waals surface area contributed by atoms with Crippen LogP contribution in [0, 0.1) is 0 Å². The van der Waals surface area contributed by atoms with Crippen LogP contribution in [-0.2, 0) is 4.74 Å². The van der Waals surface area contributed by atoms with Gasteiger partial charge in [0, 0.05) is 12.1 Å². The number of rotatable bonds is 4. The second-order valence-electron chi connectivity index (χ2n) is 4.64. The molecule has 20 heavy (non-hydrogen) atoms. The molecule has 5 heteroatoms. The Morgan fingerprint density at radius 2 is 2.00 bits per heavy atom. The lowest BCUT2D eigenvalue weighted by atomic mass is 10.0. The van der Waals surface area contributed by atoms with E-state index in [0.29, 0.717) is 30.9 Å². The predicted molar refractivity (Wildman–Crippen MR) is 74.1 cm³/mol. The summed E-state index contributed by atoms with van der Waals surface area (Å²) in [6.45, 7) is 2.65. The maximum Gasteiger partial charge on any atom is 0.410 e. The first kappa shape index (κ1) is 14.4. The van der Waals surface area contributed by atoms with Gasteiger partial charge in [-0.15, -0.1) is 0 Å². The van der Waals surface area contributed by atoms with E-state index in [1.165, 1.54) is 4.90 Å². The largest absolute Gasteiger partial charge is 0.497 e. The molecule has 1 aromatic rings. The van der Waals surface area contributed by atoms with Gasteiger partial charge in [-0.1, -0.05) is 0 Å². The van der Waals surface area contributed by atoms with Gasteiger partial charge in [0.2, 0.25) is 0 Å². The minimum atomic E-state index is -0.414. The molecule has 1 unspecified atom stereocenters. The van der Waals surface area contributed by atoms with E-state index in [1.807, 2.05) is 0 Å². The van der Waals surface area contributed by atoms with Crippen LogP contribution in [-0.4, -0.2) is 43.1 Å². The van der Waals surface area contributed by atoms with E-state index in [0.717, 1.165) is 6.42 Å². The monoisotopic (exact) mass is 277 g/mol. The van der Waals surface area contributed by atoms with Gasteiger partial charge in [-0.2, -0.15) is 0 Å². The Morgan fingerprint density at radius 3 is 2.60 bits per heavy atom. The van der Waals surface area contributed by atoms with Crippen LogP contribution in [0.4, 0.5) is 4.79 Å². The van der Waals surface area contributed by atoms with Crippen molar-refractivity contribution in [1.82, 2.24) is 4.90 Å². The van der Waals surface area contributed by atoms with E-state index in [9.17, 15) is 9.59 Å². The first-order valence-electron chi connectivity index (χ1n) is 6.79. The van der Waals surface area contributed by atoms with Crippen molar-refractivity contribution in [2.24, 2.45) is 0 Å². The van der Waals surface area contributed by atoms with E-state index in [4.69, 9.17) is 9.47 Å². The Kier molecular flexibility index (Phi) is 4.61. The summed E-state index contributed by atoms with van der Waals surface area (Å²) in [4.78, 5) is 25.8. The fourth-order valence-corrected chi connectivity index (χ4v) is 2.41. The summed E-state index contributed by atoms with van der Waals surface area (Å²) in [7, 11) is 1.58. The summed E-state index contributed by atoms with van der Waals surface area (Å²) in [5, 5.41) is 0. The molecule has 0 N–H and O–H groups in total. The highest BCUT2D eigenvalue weighted by molar-refractivity contribution is 6.01. The Morgan fingerprint density at radius 1 is 1.30 bits per heavy atom. The predicted octanol–water partition coefficient (Wildman–Crippen LogP) is 2.50. The lowest BCUT2D eigenvalue weighted by Crippen LogP contribution is -2.40. The molecule has 1 heterocycles. The number of carbonyl (C=O) groups excluding carboxylic acids is 2. The highest BCUT2D eigenvalue weighted by atomic mass is 16.6. The van der Waals surface area contributed by atoms with Crippen LogP contribution in [0.2, 0.25) is 0 Å². The van der Waals surface area contributed by atoms with E-state index < -0.39 is 12.1 Å². The van der Waals surface area contributed by atoms with Crippen LogP contribution in [0.5, 0.6) is 5.75 Å². The first-order valence-corrected chi connectivity index (χ1v) is 6.79. The Labute approximate surface area is 118 Å². The van der Waals surface area contributed by atoms with Gasteiger partial charge in [0.05, 0.1) is 19.8 Å². The van der Waals surface area contributed by atoms with Gasteiger partial charge >= 0.3 is 6.09 Å². The zero-order valence-corrected chi connectivity index (χ0v) is 11.8. The quantitative estimate of drug-likeness (QED) is 0.793. The minimum Gasteiger partial charge on any atom is -0.497 e. The number of Topliss-reactive ketones (excluding diaryl/α,β-unsaturated/α-hetero) is 1. The van der Waals surface area contributed by atoms with Crippen molar-refractivity contribution in [3.8, 4) is 5.75 Å². The molecule has 5 nitrogen and oxygen atoms in total. The summed E-state index contributed by atoms with van der Waals surface area (Å²) in [6.07, 6.45) is 1.10. The average Bonchev–Trinajstić information content (AvgIpc) is 2.96. The number of likely N-dealkylation sites (tertiary alicyclic amines) is 1. The third-order valence-corrected chi connectivity index (χ3v) is 3.43. The molecule has 1 amide bonds. The highest BCUT2D eigenvalue weighted by Crippen LogP contribution is 2.23. The first-order chi connectivity index (χ1) is 9.67. The van der Waals surface area contributed by atoms with Crippen LogP contribution in [0.3, 0.4) is 0 Å². The number of ether oxygens (including phenoxy) is 2. The number of carbonyl (C=O) groups is 2. The van der Waals surface area contributed by atoms with Gasteiger partial charge in [0.15, 0.2) is 5.78 Å². The number of amides is 1. The lowest BCUT2D eigenvalue weighted by Gasteiger charge is -2.22. The summed E-state index contributed by atoms with van der Waals surface area (Å²) in [5.41, 5.74) is 0.590. The van der Waals surface area contributed by atoms with Crippen LogP contribution >= 0.6 is 0 Å². The molecule has 0 aromatic heterocycles. The third kappa shape index (κ3) is 2.92. The summed E-state index contributed by atoms with van der Waals surface area (Å²) in [6, 6.07) is 6.53. The van der Waals surface area contributed by atoms with E-state index in [2.05, 4.69) is 0 Å². The van der Waals surface area contributed by atoms with Crippen LogP contribution in [0.15, 0.2) is 24.3 Å². The van der Waals surface area contributed by atoms with Crippen LogP contribution in [0.1, 0.15) is 30.1 Å². The zero-order chi connectivity index (χ0) is 14.5. The molecule has 1 fully saturated rings. The molecule has 1 aliphatic rings. The van der Waals surface area contributed by atoms with Crippen LogP contribution < -0.4 is 4.74 Å². The molecule has 0 aliphatic carbocycles. The van der Waals surface area contributed by atoms with Crippen LogP contribution in [0.25, 0.3) is 0 Å². The molecule has 0 radical (unpaired) electrons. The number of ketones is 1.